The first kappa shape index (κ1) is 13.9. The van der Waals surface area contributed by atoms with Crippen LogP contribution in [0.2, 0.25) is 0 Å². The summed E-state index contributed by atoms with van der Waals surface area (Å²) >= 11 is 0. The molecule has 9 nitrogen and oxygen atoms in total. The lowest BCUT2D eigenvalue weighted by Crippen LogP contribution is -2.24. The number of hydrogen-bond acceptors (Lipinski definition) is 8. The maximum absolute atomic E-state index is 11.3. The zero-order valence-corrected chi connectivity index (χ0v) is 11.3. The highest BCUT2D eigenvalue weighted by Gasteiger charge is 2.36. The van der Waals surface area contributed by atoms with Crippen molar-refractivity contribution < 1.29 is 14.9 Å². The number of fused-ring (bicyclic) bond motifs is 1. The third-order valence-electron chi connectivity index (χ3n) is 3.51. The number of ether oxygens (including phenoxy) is 1. The van der Waals surface area contributed by atoms with Gasteiger partial charge in [0, 0.05) is 6.42 Å². The molecule has 3 atom stereocenters. The van der Waals surface area contributed by atoms with Gasteiger partial charge in [-0.3, -0.25) is 4.98 Å². The molecule has 0 unspecified atom stereocenters. The van der Waals surface area contributed by atoms with E-state index in [1.165, 1.54) is 0 Å². The number of nitrogens with one attached hydrogen (secondary N) is 1. The van der Waals surface area contributed by atoms with E-state index in [1.807, 2.05) is 0 Å². The number of anilines is 1. The molecular weight excluding hydrogens is 278 g/mol. The monoisotopic (exact) mass is 293 g/mol. The molecule has 0 aliphatic carbocycles. The van der Waals surface area contributed by atoms with Crippen LogP contribution in [0, 0.1) is 6.92 Å². The molecular formula is C12H15N5O4. The molecule has 0 radical (unpaired) electrons. The Hall–Kier alpha value is -2.10. The average Bonchev–Trinajstić information content (AvgIpc) is 2.78. The van der Waals surface area contributed by atoms with E-state index in [-0.39, 0.29) is 23.6 Å². The molecule has 112 valence electrons. The zero-order valence-electron chi connectivity index (χ0n) is 11.3. The van der Waals surface area contributed by atoms with Gasteiger partial charge in [-0.15, -0.1) is 0 Å². The van der Waals surface area contributed by atoms with Gasteiger partial charge in [-0.25, -0.2) is 14.8 Å². The number of H-pyrrole nitrogens is 1. The second-order valence-electron chi connectivity index (χ2n) is 4.97. The van der Waals surface area contributed by atoms with Gasteiger partial charge in [0.1, 0.15) is 17.7 Å². The number of aliphatic hydroxyl groups is 2. The molecule has 0 amide bonds. The van der Waals surface area contributed by atoms with Gasteiger partial charge in [-0.2, -0.15) is 4.98 Å². The van der Waals surface area contributed by atoms with Crippen LogP contribution in [0.1, 0.15) is 23.9 Å². The molecule has 2 aromatic rings. The molecule has 0 bridgehead atoms. The lowest BCUT2D eigenvalue weighted by atomic mass is 10.1. The Morgan fingerprint density at radius 3 is 2.86 bits per heavy atom. The van der Waals surface area contributed by atoms with Gasteiger partial charge in [-0.05, 0) is 6.92 Å². The predicted molar refractivity (Wildman–Crippen MR) is 72.4 cm³/mol. The fourth-order valence-electron chi connectivity index (χ4n) is 2.46. The van der Waals surface area contributed by atoms with Crippen LogP contribution in [0.15, 0.2) is 4.79 Å². The number of nitrogens with zero attached hydrogens (tertiary/aromatic N) is 3. The molecule has 5 N–H and O–H groups in total. The summed E-state index contributed by atoms with van der Waals surface area (Å²) < 4.78 is 5.57. The van der Waals surface area contributed by atoms with Gasteiger partial charge < -0.3 is 20.7 Å². The Morgan fingerprint density at radius 2 is 2.19 bits per heavy atom. The van der Waals surface area contributed by atoms with Crippen molar-refractivity contribution in [1.29, 1.82) is 0 Å². The second kappa shape index (κ2) is 5.02. The van der Waals surface area contributed by atoms with Crippen LogP contribution in [0.4, 0.5) is 5.82 Å². The number of aromatic amines is 1. The summed E-state index contributed by atoms with van der Waals surface area (Å²) in [5.41, 5.74) is 6.70. The minimum absolute atomic E-state index is 0.0141. The lowest BCUT2D eigenvalue weighted by molar-refractivity contribution is -0.0237. The van der Waals surface area contributed by atoms with E-state index >= 15 is 0 Å². The molecule has 1 fully saturated rings. The average molecular weight is 293 g/mol. The van der Waals surface area contributed by atoms with Crippen LogP contribution in [0.5, 0.6) is 0 Å². The van der Waals surface area contributed by atoms with Crippen molar-refractivity contribution in [1.82, 2.24) is 19.9 Å². The van der Waals surface area contributed by atoms with Gasteiger partial charge in [0.05, 0.1) is 24.1 Å². The van der Waals surface area contributed by atoms with Crippen molar-refractivity contribution in [3.05, 3.63) is 21.9 Å². The summed E-state index contributed by atoms with van der Waals surface area (Å²) in [6, 6.07) is 0. The summed E-state index contributed by atoms with van der Waals surface area (Å²) in [6.45, 7) is 1.45. The fourth-order valence-corrected chi connectivity index (χ4v) is 2.46. The van der Waals surface area contributed by atoms with E-state index in [0.717, 1.165) is 0 Å². The molecule has 1 aliphatic rings. The van der Waals surface area contributed by atoms with Gasteiger partial charge in [0.25, 0.3) is 0 Å². The lowest BCUT2D eigenvalue weighted by Gasteiger charge is -2.14. The first-order chi connectivity index (χ1) is 9.99. The Kier molecular flexibility index (Phi) is 3.32. The number of nitrogens with two attached hydrogens (primary N) is 1. The standard InChI is InChI=1S/C12H15N5O4/c1-4-8(6-2-5(19)7(3-18)21-6)15-9-10(13)16-12(20)17-11(9)14-4/h5-7,18-19H,2-3H2,1H3,(H3,13,14,16,17,20)/t5-,6+,7+/m0/s1. The maximum Gasteiger partial charge on any atom is 0.348 e. The third-order valence-corrected chi connectivity index (χ3v) is 3.51. The van der Waals surface area contributed by atoms with Crippen LogP contribution < -0.4 is 11.4 Å². The van der Waals surface area contributed by atoms with Crippen LogP contribution in [-0.2, 0) is 4.74 Å². The minimum atomic E-state index is -0.761. The minimum Gasteiger partial charge on any atom is -0.394 e. The van der Waals surface area contributed by atoms with Gasteiger partial charge in [0.2, 0.25) is 0 Å². The Labute approximate surface area is 118 Å². The highest BCUT2D eigenvalue weighted by molar-refractivity contribution is 5.80. The van der Waals surface area contributed by atoms with Crippen LogP contribution in [-0.4, -0.2) is 49.0 Å². The van der Waals surface area contributed by atoms with Crippen LogP contribution in [0.25, 0.3) is 11.2 Å². The Bertz CT molecular complexity index is 746. The van der Waals surface area contributed by atoms with E-state index in [4.69, 9.17) is 15.6 Å². The number of aliphatic hydroxyl groups excluding tert-OH is 2. The smallest absolute Gasteiger partial charge is 0.348 e. The van der Waals surface area contributed by atoms with E-state index in [0.29, 0.717) is 17.8 Å². The normalized spacial score (nSPS) is 25.6. The van der Waals surface area contributed by atoms with Crippen molar-refractivity contribution in [3.8, 4) is 0 Å². The quantitative estimate of drug-likeness (QED) is 0.539. The first-order valence-corrected chi connectivity index (χ1v) is 6.48. The maximum atomic E-state index is 11.3. The number of hydrogen-bond donors (Lipinski definition) is 4. The zero-order chi connectivity index (χ0) is 15.1. The molecule has 2 aromatic heterocycles. The molecule has 3 heterocycles. The number of aromatic nitrogens is 4. The van der Waals surface area contributed by atoms with Gasteiger partial charge in [-0.1, -0.05) is 0 Å². The summed E-state index contributed by atoms with van der Waals surface area (Å²) in [4.78, 5) is 25.9. The number of aryl methyl sites for hydroxylation is 1. The molecule has 1 saturated heterocycles. The van der Waals surface area contributed by atoms with E-state index < -0.39 is 24.0 Å². The topological polar surface area (TPSA) is 147 Å². The summed E-state index contributed by atoms with van der Waals surface area (Å²) in [5, 5.41) is 18.9. The van der Waals surface area contributed by atoms with Crippen molar-refractivity contribution in [3.63, 3.8) is 0 Å². The van der Waals surface area contributed by atoms with Gasteiger partial charge in [0.15, 0.2) is 11.5 Å². The number of rotatable bonds is 2. The van der Waals surface area contributed by atoms with Crippen LogP contribution >= 0.6 is 0 Å². The molecule has 21 heavy (non-hydrogen) atoms. The summed E-state index contributed by atoms with van der Waals surface area (Å²) in [7, 11) is 0. The second-order valence-corrected chi connectivity index (χ2v) is 4.97. The molecule has 3 rings (SSSR count). The van der Waals surface area contributed by atoms with Gasteiger partial charge >= 0.3 is 5.69 Å². The predicted octanol–water partition coefficient (Wildman–Crippen LogP) is -1.21. The van der Waals surface area contributed by atoms with Crippen molar-refractivity contribution >= 4 is 17.0 Å². The highest BCUT2D eigenvalue weighted by Crippen LogP contribution is 2.33. The Morgan fingerprint density at radius 1 is 1.43 bits per heavy atom. The molecule has 0 spiro atoms. The van der Waals surface area contributed by atoms with E-state index in [1.54, 1.807) is 6.92 Å². The Balaban J connectivity index is 2.08. The molecule has 9 heteroatoms. The van der Waals surface area contributed by atoms with Crippen molar-refractivity contribution in [2.75, 3.05) is 12.3 Å². The van der Waals surface area contributed by atoms with E-state index in [9.17, 15) is 9.90 Å². The van der Waals surface area contributed by atoms with E-state index in [2.05, 4.69) is 19.9 Å². The number of nitrogen functional groups attached to an aromatic ring is 1. The first-order valence-electron chi connectivity index (χ1n) is 6.48. The van der Waals surface area contributed by atoms with Crippen molar-refractivity contribution in [2.45, 2.75) is 31.7 Å². The highest BCUT2D eigenvalue weighted by atomic mass is 16.5. The molecule has 0 aromatic carbocycles. The summed E-state index contributed by atoms with van der Waals surface area (Å²) in [5.74, 6) is -0.0141. The largest absolute Gasteiger partial charge is 0.394 e. The SMILES string of the molecule is Cc1nc2[nH]c(=O)nc(N)c2nc1[C@H]1C[C@H](O)[C@@H](CO)O1. The summed E-state index contributed by atoms with van der Waals surface area (Å²) in [6.07, 6.45) is -1.58. The molecule has 0 saturated carbocycles. The third kappa shape index (κ3) is 2.35. The van der Waals surface area contributed by atoms with Crippen LogP contribution in [0.3, 0.4) is 0 Å². The molecule has 1 aliphatic heterocycles. The fraction of sp³-hybridized carbons (Fsp3) is 0.500. The van der Waals surface area contributed by atoms with Crippen molar-refractivity contribution in [2.24, 2.45) is 0 Å².